The molecule has 0 saturated carbocycles. The quantitative estimate of drug-likeness (QED) is 0.683. The Labute approximate surface area is 139 Å². The summed E-state index contributed by atoms with van der Waals surface area (Å²) in [7, 11) is 1.89. The van der Waals surface area contributed by atoms with E-state index in [9.17, 15) is 13.2 Å². The fraction of sp³-hybridized carbons (Fsp3) is 0.471. The van der Waals surface area contributed by atoms with Crippen LogP contribution in [-0.4, -0.2) is 9.55 Å². The molecule has 2 rings (SSSR count). The van der Waals surface area contributed by atoms with Crippen molar-refractivity contribution in [1.29, 1.82) is 0 Å². The number of aryl methyl sites for hydroxylation is 1. The predicted octanol–water partition coefficient (Wildman–Crippen LogP) is 5.66. The van der Waals surface area contributed by atoms with E-state index in [0.29, 0.717) is 11.4 Å². The van der Waals surface area contributed by atoms with E-state index in [1.165, 1.54) is 6.07 Å². The number of halogens is 4. The van der Waals surface area contributed by atoms with Crippen LogP contribution in [0.4, 0.5) is 13.2 Å². The van der Waals surface area contributed by atoms with Crippen molar-refractivity contribution in [3.63, 3.8) is 0 Å². The third-order valence-corrected chi connectivity index (χ3v) is 4.25. The van der Waals surface area contributed by atoms with Crippen LogP contribution in [0.3, 0.4) is 0 Å². The molecule has 0 aliphatic rings. The maximum atomic E-state index is 12.8. The summed E-state index contributed by atoms with van der Waals surface area (Å²) in [5, 5.41) is 0.0672. The molecule has 0 spiro atoms. The van der Waals surface area contributed by atoms with Gasteiger partial charge in [0.25, 0.3) is 0 Å². The maximum absolute atomic E-state index is 12.8. The van der Waals surface area contributed by atoms with Crippen molar-refractivity contribution in [3.05, 3.63) is 40.2 Å². The first-order chi connectivity index (χ1) is 10.8. The molecule has 126 valence electrons. The minimum absolute atomic E-state index is 0.0672. The highest BCUT2D eigenvalue weighted by Crippen LogP contribution is 2.35. The van der Waals surface area contributed by atoms with E-state index >= 15 is 0 Å². The Bertz CT molecular complexity index is 690. The van der Waals surface area contributed by atoms with Crippen molar-refractivity contribution in [1.82, 2.24) is 9.55 Å². The summed E-state index contributed by atoms with van der Waals surface area (Å²) in [6, 6.07) is 3.41. The van der Waals surface area contributed by atoms with Gasteiger partial charge in [-0.05, 0) is 37.5 Å². The summed E-state index contributed by atoms with van der Waals surface area (Å²) in [4.78, 5) is 4.60. The number of imidazole rings is 1. The Morgan fingerprint density at radius 1 is 1.22 bits per heavy atom. The molecule has 6 heteroatoms. The van der Waals surface area contributed by atoms with Crippen molar-refractivity contribution < 1.29 is 13.2 Å². The molecule has 1 heterocycles. The van der Waals surface area contributed by atoms with Gasteiger partial charge in [-0.3, -0.25) is 0 Å². The zero-order valence-electron chi connectivity index (χ0n) is 13.5. The molecule has 0 bridgehead atoms. The van der Waals surface area contributed by atoms with Crippen LogP contribution >= 0.6 is 11.6 Å². The molecule has 2 aromatic rings. The van der Waals surface area contributed by atoms with Crippen molar-refractivity contribution in [2.75, 3.05) is 0 Å². The van der Waals surface area contributed by atoms with Gasteiger partial charge in [0, 0.05) is 18.3 Å². The highest BCUT2D eigenvalue weighted by atomic mass is 35.5. The molecule has 0 fully saturated rings. The Kier molecular flexibility index (Phi) is 5.40. The highest BCUT2D eigenvalue weighted by molar-refractivity contribution is 6.33. The predicted molar refractivity (Wildman–Crippen MR) is 86.6 cm³/mol. The number of nitrogens with zero attached hydrogens (tertiary/aromatic N) is 2. The van der Waals surface area contributed by atoms with Gasteiger partial charge in [0.15, 0.2) is 0 Å². The Morgan fingerprint density at radius 2 is 1.91 bits per heavy atom. The summed E-state index contributed by atoms with van der Waals surface area (Å²) < 4.78 is 40.2. The fourth-order valence-electron chi connectivity index (χ4n) is 2.64. The normalized spacial score (nSPS) is 12.0. The number of aromatic nitrogens is 2. The van der Waals surface area contributed by atoms with Gasteiger partial charge in [-0.1, -0.05) is 31.9 Å². The van der Waals surface area contributed by atoms with Crippen LogP contribution in [0.25, 0.3) is 11.4 Å². The number of benzene rings is 1. The first-order valence-corrected chi connectivity index (χ1v) is 8.08. The molecule has 1 aromatic heterocycles. The van der Waals surface area contributed by atoms with E-state index in [1.807, 2.05) is 18.5 Å². The standard InChI is InChI=1S/C17H20ClF3N2/c1-4-6-7-15-14(5-2)22-16(23(15)3)12-9-8-11(10-13(12)18)17(19,20)21/h8-10H,4-7H2,1-3H3. The third kappa shape index (κ3) is 3.71. The van der Waals surface area contributed by atoms with Gasteiger partial charge in [-0.15, -0.1) is 0 Å². The molecule has 0 amide bonds. The summed E-state index contributed by atoms with van der Waals surface area (Å²) in [5.74, 6) is 0.617. The number of hydrogen-bond donors (Lipinski definition) is 0. The number of unbranched alkanes of at least 4 members (excludes halogenated alkanes) is 1. The van der Waals surface area contributed by atoms with E-state index in [4.69, 9.17) is 11.6 Å². The molecule has 0 aliphatic heterocycles. The van der Waals surface area contributed by atoms with Crippen LogP contribution in [-0.2, 0) is 26.1 Å². The molecule has 0 aliphatic carbocycles. The third-order valence-electron chi connectivity index (χ3n) is 3.94. The first kappa shape index (κ1) is 17.9. The van der Waals surface area contributed by atoms with Crippen molar-refractivity contribution in [2.45, 2.75) is 45.7 Å². The molecule has 0 N–H and O–H groups in total. The monoisotopic (exact) mass is 344 g/mol. The van der Waals surface area contributed by atoms with Gasteiger partial charge in [-0.25, -0.2) is 4.98 Å². The molecule has 2 nitrogen and oxygen atoms in total. The summed E-state index contributed by atoms with van der Waals surface area (Å²) >= 11 is 6.10. The van der Waals surface area contributed by atoms with Gasteiger partial charge < -0.3 is 4.57 Å². The number of alkyl halides is 3. The average molecular weight is 345 g/mol. The van der Waals surface area contributed by atoms with Crippen LogP contribution in [0.15, 0.2) is 18.2 Å². The maximum Gasteiger partial charge on any atom is 0.416 e. The zero-order valence-corrected chi connectivity index (χ0v) is 14.2. The molecule has 0 atom stereocenters. The molecular formula is C17H20ClF3N2. The van der Waals surface area contributed by atoms with Crippen molar-refractivity contribution in [3.8, 4) is 11.4 Å². The molecule has 0 saturated heterocycles. The first-order valence-electron chi connectivity index (χ1n) is 7.71. The van der Waals surface area contributed by atoms with Crippen LogP contribution in [0.2, 0.25) is 5.02 Å². The fourth-order valence-corrected chi connectivity index (χ4v) is 2.91. The Morgan fingerprint density at radius 3 is 2.43 bits per heavy atom. The van der Waals surface area contributed by atoms with Gasteiger partial charge in [0.05, 0.1) is 16.3 Å². The second-order valence-electron chi connectivity index (χ2n) is 5.54. The van der Waals surface area contributed by atoms with Gasteiger partial charge in [0.1, 0.15) is 5.82 Å². The largest absolute Gasteiger partial charge is 0.416 e. The molecule has 0 radical (unpaired) electrons. The van der Waals surface area contributed by atoms with E-state index < -0.39 is 11.7 Å². The smallest absolute Gasteiger partial charge is 0.331 e. The number of hydrogen-bond acceptors (Lipinski definition) is 1. The average Bonchev–Trinajstić information content (AvgIpc) is 2.80. The lowest BCUT2D eigenvalue weighted by molar-refractivity contribution is -0.137. The number of rotatable bonds is 5. The van der Waals surface area contributed by atoms with Crippen molar-refractivity contribution in [2.24, 2.45) is 7.05 Å². The van der Waals surface area contributed by atoms with Gasteiger partial charge >= 0.3 is 6.18 Å². The lowest BCUT2D eigenvalue weighted by Gasteiger charge is -2.11. The second-order valence-corrected chi connectivity index (χ2v) is 5.94. The molecular weight excluding hydrogens is 325 g/mol. The van der Waals surface area contributed by atoms with Gasteiger partial charge in [-0.2, -0.15) is 13.2 Å². The summed E-state index contributed by atoms with van der Waals surface area (Å²) in [6.07, 6.45) is -0.589. The molecule has 1 aromatic carbocycles. The van der Waals surface area contributed by atoms with Crippen LogP contribution in [0.5, 0.6) is 0 Å². The van der Waals surface area contributed by atoms with Crippen LogP contribution in [0, 0.1) is 0 Å². The van der Waals surface area contributed by atoms with E-state index in [-0.39, 0.29) is 5.02 Å². The van der Waals surface area contributed by atoms with Gasteiger partial charge in [0.2, 0.25) is 0 Å². The minimum Gasteiger partial charge on any atom is -0.331 e. The Hall–Kier alpha value is -1.49. The lowest BCUT2D eigenvalue weighted by atomic mass is 10.1. The van der Waals surface area contributed by atoms with Crippen LogP contribution in [0.1, 0.15) is 43.6 Å². The zero-order chi connectivity index (χ0) is 17.2. The van der Waals surface area contributed by atoms with E-state index in [2.05, 4.69) is 11.9 Å². The molecule has 0 unspecified atom stereocenters. The summed E-state index contributed by atoms with van der Waals surface area (Å²) in [5.41, 5.74) is 1.88. The van der Waals surface area contributed by atoms with Crippen molar-refractivity contribution >= 4 is 11.6 Å². The Balaban J connectivity index is 2.48. The van der Waals surface area contributed by atoms with E-state index in [0.717, 1.165) is 49.2 Å². The highest BCUT2D eigenvalue weighted by Gasteiger charge is 2.31. The minimum atomic E-state index is -4.40. The SMILES string of the molecule is CCCCc1c(CC)nc(-c2ccc(C(F)(F)F)cc2Cl)n1C. The topological polar surface area (TPSA) is 17.8 Å². The lowest BCUT2D eigenvalue weighted by Crippen LogP contribution is -2.05. The second kappa shape index (κ2) is 6.95. The van der Waals surface area contributed by atoms with E-state index in [1.54, 1.807) is 0 Å². The molecule has 23 heavy (non-hydrogen) atoms. The van der Waals surface area contributed by atoms with Crippen LogP contribution < -0.4 is 0 Å². The summed E-state index contributed by atoms with van der Waals surface area (Å²) in [6.45, 7) is 4.14.